The molecule has 1 aliphatic heterocycles. The Hall–Kier alpha value is -1.96. The fraction of sp³-hybridized carbons (Fsp3) is 0.300. The van der Waals surface area contributed by atoms with Crippen LogP contribution < -0.4 is 4.74 Å². The van der Waals surface area contributed by atoms with Gasteiger partial charge in [0.2, 0.25) is 0 Å². The highest BCUT2D eigenvalue weighted by Gasteiger charge is 2.22. The van der Waals surface area contributed by atoms with Gasteiger partial charge in [-0.25, -0.2) is 4.98 Å². The predicted molar refractivity (Wildman–Crippen MR) is 111 cm³/mol. The summed E-state index contributed by atoms with van der Waals surface area (Å²) >= 11 is 5.14. The second-order valence-electron chi connectivity index (χ2n) is 6.47. The van der Waals surface area contributed by atoms with E-state index in [1.54, 1.807) is 11.3 Å². The van der Waals surface area contributed by atoms with Crippen LogP contribution in [-0.4, -0.2) is 53.5 Å². The molecule has 0 spiro atoms. The van der Waals surface area contributed by atoms with Gasteiger partial charge < -0.3 is 9.64 Å². The SMILES string of the molecule is O=C(COc1ccc(Br)cc1)N1CCN(Cc2nc3ccccc3s2)CC1. The summed E-state index contributed by atoms with van der Waals surface area (Å²) in [5.41, 5.74) is 1.07. The van der Waals surface area contributed by atoms with Gasteiger partial charge in [-0.2, -0.15) is 0 Å². The molecule has 1 aromatic heterocycles. The molecule has 0 aliphatic carbocycles. The molecule has 1 amide bonds. The summed E-state index contributed by atoms with van der Waals surface area (Å²) < 4.78 is 7.82. The van der Waals surface area contributed by atoms with Crippen molar-refractivity contribution in [2.45, 2.75) is 6.54 Å². The number of piperazine rings is 1. The molecule has 3 aromatic rings. The second-order valence-corrected chi connectivity index (χ2v) is 8.51. The van der Waals surface area contributed by atoms with E-state index in [1.807, 2.05) is 41.3 Å². The van der Waals surface area contributed by atoms with Gasteiger partial charge in [0.1, 0.15) is 10.8 Å². The zero-order valence-electron chi connectivity index (χ0n) is 14.8. The molecule has 0 N–H and O–H groups in total. The molecule has 0 radical (unpaired) electrons. The number of halogens is 1. The van der Waals surface area contributed by atoms with E-state index in [1.165, 1.54) is 4.70 Å². The van der Waals surface area contributed by atoms with Crippen LogP contribution in [0.1, 0.15) is 5.01 Å². The smallest absolute Gasteiger partial charge is 0.260 e. The monoisotopic (exact) mass is 445 g/mol. The van der Waals surface area contributed by atoms with Gasteiger partial charge in [-0.15, -0.1) is 11.3 Å². The molecule has 0 atom stereocenters. The molecule has 4 rings (SSSR count). The standard InChI is InChI=1S/C20H20BrN3O2S/c21-15-5-7-16(8-6-15)26-14-20(25)24-11-9-23(10-12-24)13-19-22-17-3-1-2-4-18(17)27-19/h1-8H,9-14H2. The summed E-state index contributed by atoms with van der Waals surface area (Å²) in [6.45, 7) is 4.11. The number of nitrogens with zero attached hydrogens (tertiary/aromatic N) is 3. The number of fused-ring (bicyclic) bond motifs is 1. The maximum atomic E-state index is 12.4. The van der Waals surface area contributed by atoms with Crippen LogP contribution in [0.2, 0.25) is 0 Å². The van der Waals surface area contributed by atoms with Gasteiger partial charge in [-0.05, 0) is 36.4 Å². The number of para-hydroxylation sites is 1. The van der Waals surface area contributed by atoms with Crippen molar-refractivity contribution in [3.63, 3.8) is 0 Å². The van der Waals surface area contributed by atoms with Crippen LogP contribution in [0.5, 0.6) is 5.75 Å². The van der Waals surface area contributed by atoms with Crippen LogP contribution in [0.3, 0.4) is 0 Å². The summed E-state index contributed by atoms with van der Waals surface area (Å²) in [4.78, 5) is 21.3. The number of carbonyl (C=O) groups excluding carboxylic acids is 1. The molecular weight excluding hydrogens is 426 g/mol. The Morgan fingerprint density at radius 3 is 2.56 bits per heavy atom. The molecule has 2 aromatic carbocycles. The van der Waals surface area contributed by atoms with E-state index in [0.717, 1.165) is 47.7 Å². The second kappa shape index (κ2) is 8.37. The minimum atomic E-state index is 0.0394. The van der Waals surface area contributed by atoms with Crippen molar-refractivity contribution in [1.29, 1.82) is 0 Å². The lowest BCUT2D eigenvalue weighted by atomic mass is 10.3. The molecule has 0 unspecified atom stereocenters. The van der Waals surface area contributed by atoms with Gasteiger partial charge in [0, 0.05) is 30.7 Å². The van der Waals surface area contributed by atoms with Crippen LogP contribution >= 0.6 is 27.3 Å². The maximum absolute atomic E-state index is 12.4. The van der Waals surface area contributed by atoms with Crippen molar-refractivity contribution in [1.82, 2.24) is 14.8 Å². The fourth-order valence-electron chi connectivity index (χ4n) is 3.10. The zero-order chi connectivity index (χ0) is 18.6. The van der Waals surface area contributed by atoms with Crippen molar-refractivity contribution in [2.75, 3.05) is 32.8 Å². The van der Waals surface area contributed by atoms with Crippen LogP contribution in [0.25, 0.3) is 10.2 Å². The number of aromatic nitrogens is 1. The lowest BCUT2D eigenvalue weighted by molar-refractivity contribution is -0.135. The van der Waals surface area contributed by atoms with Gasteiger partial charge in [0.05, 0.1) is 16.8 Å². The first-order valence-corrected chi connectivity index (χ1v) is 10.5. The number of benzene rings is 2. The molecule has 0 saturated carbocycles. The van der Waals surface area contributed by atoms with Gasteiger partial charge in [0.25, 0.3) is 5.91 Å². The summed E-state index contributed by atoms with van der Waals surface area (Å²) in [6, 6.07) is 15.7. The largest absolute Gasteiger partial charge is 0.484 e. The molecule has 140 valence electrons. The van der Waals surface area contributed by atoms with E-state index in [-0.39, 0.29) is 12.5 Å². The van der Waals surface area contributed by atoms with Gasteiger partial charge in [-0.3, -0.25) is 9.69 Å². The van der Waals surface area contributed by atoms with E-state index in [0.29, 0.717) is 5.75 Å². The number of carbonyl (C=O) groups is 1. The molecule has 7 heteroatoms. The van der Waals surface area contributed by atoms with E-state index in [9.17, 15) is 4.79 Å². The van der Waals surface area contributed by atoms with Crippen molar-refractivity contribution in [3.8, 4) is 5.75 Å². The normalized spacial score (nSPS) is 15.2. The lowest BCUT2D eigenvalue weighted by Gasteiger charge is -2.34. The predicted octanol–water partition coefficient (Wildman–Crippen LogP) is 3.78. The third-order valence-corrected chi connectivity index (χ3v) is 6.15. The number of amides is 1. The fourth-order valence-corrected chi connectivity index (χ4v) is 4.38. The number of thiazole rings is 1. The lowest BCUT2D eigenvalue weighted by Crippen LogP contribution is -2.49. The molecule has 0 bridgehead atoms. The van der Waals surface area contributed by atoms with E-state index in [4.69, 9.17) is 9.72 Å². The third kappa shape index (κ3) is 4.66. The Balaban J connectivity index is 1.25. The van der Waals surface area contributed by atoms with Crippen molar-refractivity contribution >= 4 is 43.4 Å². The van der Waals surface area contributed by atoms with Crippen molar-refractivity contribution in [2.24, 2.45) is 0 Å². The topological polar surface area (TPSA) is 45.7 Å². The molecular formula is C20H20BrN3O2S. The molecule has 1 saturated heterocycles. The number of rotatable bonds is 5. The zero-order valence-corrected chi connectivity index (χ0v) is 17.2. The Kier molecular flexibility index (Phi) is 5.71. The Morgan fingerprint density at radius 2 is 1.81 bits per heavy atom. The first-order valence-electron chi connectivity index (χ1n) is 8.90. The average molecular weight is 446 g/mol. The van der Waals surface area contributed by atoms with Crippen LogP contribution in [-0.2, 0) is 11.3 Å². The Bertz CT molecular complexity index is 887. The van der Waals surface area contributed by atoms with Crippen LogP contribution in [0.4, 0.5) is 0 Å². The van der Waals surface area contributed by atoms with Crippen molar-refractivity contribution < 1.29 is 9.53 Å². The molecule has 1 aliphatic rings. The molecule has 5 nitrogen and oxygen atoms in total. The quantitative estimate of drug-likeness (QED) is 0.599. The van der Waals surface area contributed by atoms with E-state index < -0.39 is 0 Å². The highest BCUT2D eigenvalue weighted by Crippen LogP contribution is 2.23. The summed E-state index contributed by atoms with van der Waals surface area (Å²) in [5.74, 6) is 0.749. The summed E-state index contributed by atoms with van der Waals surface area (Å²) in [6.07, 6.45) is 0. The van der Waals surface area contributed by atoms with Crippen LogP contribution in [0, 0.1) is 0 Å². The third-order valence-electron chi connectivity index (χ3n) is 4.60. The summed E-state index contributed by atoms with van der Waals surface area (Å²) in [7, 11) is 0. The molecule has 1 fully saturated rings. The van der Waals surface area contributed by atoms with Gasteiger partial charge in [-0.1, -0.05) is 28.1 Å². The summed E-state index contributed by atoms with van der Waals surface area (Å²) in [5, 5.41) is 1.13. The minimum Gasteiger partial charge on any atom is -0.484 e. The molecule has 27 heavy (non-hydrogen) atoms. The van der Waals surface area contributed by atoms with E-state index >= 15 is 0 Å². The number of hydrogen-bond acceptors (Lipinski definition) is 5. The Labute approximate surface area is 170 Å². The number of hydrogen-bond donors (Lipinski definition) is 0. The first-order chi connectivity index (χ1) is 13.2. The highest BCUT2D eigenvalue weighted by molar-refractivity contribution is 9.10. The van der Waals surface area contributed by atoms with Crippen molar-refractivity contribution in [3.05, 3.63) is 58.0 Å². The van der Waals surface area contributed by atoms with Crippen LogP contribution in [0.15, 0.2) is 53.0 Å². The van der Waals surface area contributed by atoms with E-state index in [2.05, 4.69) is 33.0 Å². The number of ether oxygens (including phenoxy) is 1. The van der Waals surface area contributed by atoms with Gasteiger partial charge in [0.15, 0.2) is 6.61 Å². The minimum absolute atomic E-state index is 0.0394. The first kappa shape index (κ1) is 18.4. The van der Waals surface area contributed by atoms with Gasteiger partial charge >= 0.3 is 0 Å². The maximum Gasteiger partial charge on any atom is 0.260 e. The highest BCUT2D eigenvalue weighted by atomic mass is 79.9. The molecule has 2 heterocycles. The average Bonchev–Trinajstić information content (AvgIpc) is 3.10. The Morgan fingerprint density at radius 1 is 1.07 bits per heavy atom.